The lowest BCUT2D eigenvalue weighted by molar-refractivity contribution is 0.184. The van der Waals surface area contributed by atoms with Crippen LogP contribution in [0.15, 0.2) is 42.5 Å². The summed E-state index contributed by atoms with van der Waals surface area (Å²) in [5.41, 5.74) is 1.18. The molecule has 0 N–H and O–H groups in total. The molecule has 0 fully saturated rings. The summed E-state index contributed by atoms with van der Waals surface area (Å²) in [5.74, 6) is 0.372. The zero-order chi connectivity index (χ0) is 13.7. The fourth-order valence-corrected chi connectivity index (χ4v) is 1.69. The molecule has 2 aromatic rings. The molecule has 0 saturated carbocycles. The molecule has 0 radical (unpaired) electrons. The van der Waals surface area contributed by atoms with Crippen LogP contribution in [0.1, 0.15) is 11.1 Å². The summed E-state index contributed by atoms with van der Waals surface area (Å²) in [7, 11) is 1.61. The van der Waals surface area contributed by atoms with Gasteiger partial charge in [-0.15, -0.1) is 0 Å². The number of nitrogens with zero attached hydrogens (tertiary/aromatic N) is 1. The first-order chi connectivity index (χ1) is 9.21. The molecule has 3 nitrogen and oxygen atoms in total. The molecule has 96 valence electrons. The Hall–Kier alpha value is -2.38. The van der Waals surface area contributed by atoms with Gasteiger partial charge in [0.05, 0.1) is 18.2 Å². The average Bonchev–Trinajstić information content (AvgIpc) is 2.39. The van der Waals surface area contributed by atoms with Gasteiger partial charge in [-0.1, -0.05) is 12.1 Å². The molecule has 2 aromatic carbocycles. The van der Waals surface area contributed by atoms with Crippen molar-refractivity contribution in [1.82, 2.24) is 0 Å². The second-order valence-electron chi connectivity index (χ2n) is 3.97. The maximum atomic E-state index is 13.3. The highest BCUT2D eigenvalue weighted by Gasteiger charge is 2.03. The Balaban J connectivity index is 2.23. The van der Waals surface area contributed by atoms with Crippen LogP contribution in [-0.4, -0.2) is 7.11 Å². The molecule has 2 rings (SSSR count). The van der Waals surface area contributed by atoms with E-state index in [2.05, 4.69) is 0 Å². The number of rotatable bonds is 4. The van der Waals surface area contributed by atoms with Gasteiger partial charge in [0.2, 0.25) is 0 Å². The monoisotopic (exact) mass is 257 g/mol. The van der Waals surface area contributed by atoms with E-state index in [-0.39, 0.29) is 5.56 Å². The van der Waals surface area contributed by atoms with Gasteiger partial charge in [0, 0.05) is 13.2 Å². The molecule has 0 heterocycles. The molecule has 0 unspecified atom stereocenters. The molecule has 0 atom stereocenters. The van der Waals surface area contributed by atoms with Gasteiger partial charge in [-0.25, -0.2) is 4.39 Å². The molecule has 0 aliphatic carbocycles. The Kier molecular flexibility index (Phi) is 4.11. The van der Waals surface area contributed by atoms with E-state index in [0.29, 0.717) is 18.1 Å². The van der Waals surface area contributed by atoms with E-state index in [9.17, 15) is 4.39 Å². The number of nitriles is 1. The second kappa shape index (κ2) is 5.98. The minimum Gasteiger partial charge on any atom is -0.457 e. The van der Waals surface area contributed by atoms with E-state index in [1.807, 2.05) is 18.2 Å². The summed E-state index contributed by atoms with van der Waals surface area (Å²) in [6.45, 7) is 0.476. The first-order valence-corrected chi connectivity index (χ1v) is 5.67. The van der Waals surface area contributed by atoms with Crippen molar-refractivity contribution in [1.29, 1.82) is 5.26 Å². The summed E-state index contributed by atoms with van der Waals surface area (Å²) in [4.78, 5) is 0. The standard InChI is InChI=1S/C15H12FNO2/c1-18-10-11-3-2-4-14(6-11)19-15-7-12(9-17)5-13(16)8-15/h2-8H,10H2,1H3. The highest BCUT2D eigenvalue weighted by Crippen LogP contribution is 2.24. The maximum Gasteiger partial charge on any atom is 0.131 e. The SMILES string of the molecule is COCc1cccc(Oc2cc(F)cc(C#N)c2)c1. The van der Waals surface area contributed by atoms with Gasteiger partial charge >= 0.3 is 0 Å². The second-order valence-corrected chi connectivity index (χ2v) is 3.97. The van der Waals surface area contributed by atoms with Crippen LogP contribution in [0.2, 0.25) is 0 Å². The third-order valence-electron chi connectivity index (χ3n) is 2.45. The summed E-state index contributed by atoms with van der Waals surface area (Å²) in [6.07, 6.45) is 0. The van der Waals surface area contributed by atoms with Gasteiger partial charge < -0.3 is 9.47 Å². The smallest absolute Gasteiger partial charge is 0.131 e. The number of benzene rings is 2. The molecule has 0 spiro atoms. The van der Waals surface area contributed by atoms with Gasteiger partial charge in [-0.3, -0.25) is 0 Å². The Labute approximate surface area is 110 Å². The molecule has 4 heteroatoms. The predicted octanol–water partition coefficient (Wildman–Crippen LogP) is 3.64. The first-order valence-electron chi connectivity index (χ1n) is 5.67. The number of ether oxygens (including phenoxy) is 2. The van der Waals surface area contributed by atoms with Crippen LogP contribution in [0.5, 0.6) is 11.5 Å². The molecule has 0 amide bonds. The van der Waals surface area contributed by atoms with Crippen molar-refractivity contribution < 1.29 is 13.9 Å². The maximum absolute atomic E-state index is 13.3. The molecular formula is C15H12FNO2. The average molecular weight is 257 g/mol. The van der Waals surface area contributed by atoms with E-state index < -0.39 is 5.82 Å². The molecular weight excluding hydrogens is 245 g/mol. The Bertz CT molecular complexity index is 620. The van der Waals surface area contributed by atoms with Crippen LogP contribution in [-0.2, 0) is 11.3 Å². The van der Waals surface area contributed by atoms with E-state index in [1.165, 1.54) is 12.1 Å². The molecule has 19 heavy (non-hydrogen) atoms. The summed E-state index contributed by atoms with van der Waals surface area (Å²) in [5, 5.41) is 8.78. The van der Waals surface area contributed by atoms with Crippen LogP contribution in [0.4, 0.5) is 4.39 Å². The fourth-order valence-electron chi connectivity index (χ4n) is 1.69. The van der Waals surface area contributed by atoms with Gasteiger partial charge in [-0.05, 0) is 29.8 Å². The zero-order valence-electron chi connectivity index (χ0n) is 10.4. The Morgan fingerprint density at radius 3 is 2.74 bits per heavy atom. The normalized spacial score (nSPS) is 9.95. The Morgan fingerprint density at radius 1 is 1.16 bits per heavy atom. The van der Waals surface area contributed by atoms with Crippen molar-refractivity contribution in [3.8, 4) is 17.6 Å². The van der Waals surface area contributed by atoms with Crippen molar-refractivity contribution in [3.63, 3.8) is 0 Å². The fraction of sp³-hybridized carbons (Fsp3) is 0.133. The lowest BCUT2D eigenvalue weighted by Gasteiger charge is -2.08. The van der Waals surface area contributed by atoms with Gasteiger partial charge in [0.15, 0.2) is 0 Å². The van der Waals surface area contributed by atoms with E-state index >= 15 is 0 Å². The highest BCUT2D eigenvalue weighted by molar-refractivity contribution is 5.40. The third-order valence-corrected chi connectivity index (χ3v) is 2.45. The van der Waals surface area contributed by atoms with Crippen LogP contribution in [0, 0.1) is 17.1 Å². The van der Waals surface area contributed by atoms with Crippen LogP contribution in [0.3, 0.4) is 0 Å². The highest BCUT2D eigenvalue weighted by atomic mass is 19.1. The molecule has 0 aliphatic heterocycles. The number of halogens is 1. The van der Waals surface area contributed by atoms with Crippen LogP contribution >= 0.6 is 0 Å². The summed E-state index contributed by atoms with van der Waals surface area (Å²) < 4.78 is 23.8. The lowest BCUT2D eigenvalue weighted by Crippen LogP contribution is -1.90. The van der Waals surface area contributed by atoms with Crippen LogP contribution < -0.4 is 4.74 Å². The van der Waals surface area contributed by atoms with Crippen molar-refractivity contribution in [2.24, 2.45) is 0 Å². The van der Waals surface area contributed by atoms with Crippen molar-refractivity contribution in [3.05, 3.63) is 59.4 Å². The minimum atomic E-state index is -0.498. The van der Waals surface area contributed by atoms with Crippen molar-refractivity contribution in [2.45, 2.75) is 6.61 Å². The van der Waals surface area contributed by atoms with Gasteiger partial charge in [-0.2, -0.15) is 5.26 Å². The first kappa shape index (κ1) is 13.1. The van der Waals surface area contributed by atoms with E-state index in [0.717, 1.165) is 11.6 Å². The minimum absolute atomic E-state index is 0.225. The van der Waals surface area contributed by atoms with Gasteiger partial charge in [0.1, 0.15) is 17.3 Å². The lowest BCUT2D eigenvalue weighted by atomic mass is 10.2. The Morgan fingerprint density at radius 2 is 2.00 bits per heavy atom. The quantitative estimate of drug-likeness (QED) is 0.839. The number of hydrogen-bond donors (Lipinski definition) is 0. The zero-order valence-corrected chi connectivity index (χ0v) is 10.4. The van der Waals surface area contributed by atoms with Crippen molar-refractivity contribution in [2.75, 3.05) is 7.11 Å². The predicted molar refractivity (Wildman–Crippen MR) is 68.3 cm³/mol. The topological polar surface area (TPSA) is 42.2 Å². The van der Waals surface area contributed by atoms with E-state index in [1.54, 1.807) is 19.2 Å². The third kappa shape index (κ3) is 3.54. The van der Waals surface area contributed by atoms with Crippen LogP contribution in [0.25, 0.3) is 0 Å². The van der Waals surface area contributed by atoms with E-state index in [4.69, 9.17) is 14.7 Å². The summed E-state index contributed by atoms with van der Waals surface area (Å²) in [6, 6.07) is 13.1. The van der Waals surface area contributed by atoms with Crippen molar-refractivity contribution >= 4 is 0 Å². The largest absolute Gasteiger partial charge is 0.457 e. The van der Waals surface area contributed by atoms with Gasteiger partial charge in [0.25, 0.3) is 0 Å². The molecule has 0 saturated heterocycles. The molecule has 0 aromatic heterocycles. The summed E-state index contributed by atoms with van der Waals surface area (Å²) >= 11 is 0. The number of hydrogen-bond acceptors (Lipinski definition) is 3. The molecule has 0 aliphatic rings. The molecule has 0 bridgehead atoms. The number of methoxy groups -OCH3 is 1.